The number of rotatable bonds is 7. The molecule has 0 unspecified atom stereocenters. The van der Waals surface area contributed by atoms with Crippen LogP contribution in [0, 0.1) is 16.0 Å². The molecule has 0 aliphatic heterocycles. The number of nitro groups is 1. The summed E-state index contributed by atoms with van der Waals surface area (Å²) >= 11 is 1.37. The number of nitrogens with one attached hydrogen (secondary N) is 1. The van der Waals surface area contributed by atoms with Crippen molar-refractivity contribution in [1.82, 2.24) is 4.98 Å². The van der Waals surface area contributed by atoms with Gasteiger partial charge in [0.05, 0.1) is 17.0 Å². The number of hydrogen-bond acceptors (Lipinski definition) is 5. The topological polar surface area (TPSA) is 85.1 Å². The van der Waals surface area contributed by atoms with Crippen LogP contribution in [0.5, 0.6) is 0 Å². The van der Waals surface area contributed by atoms with Gasteiger partial charge in [-0.2, -0.15) is 0 Å². The van der Waals surface area contributed by atoms with E-state index in [1.807, 2.05) is 5.38 Å². The molecule has 144 valence electrons. The van der Waals surface area contributed by atoms with Gasteiger partial charge in [0.25, 0.3) is 5.69 Å². The van der Waals surface area contributed by atoms with E-state index in [2.05, 4.69) is 48.4 Å². The Hall–Kier alpha value is -3.06. The molecule has 0 radical (unpaired) electrons. The number of benzene rings is 2. The van der Waals surface area contributed by atoms with Crippen molar-refractivity contribution in [2.75, 3.05) is 5.32 Å². The van der Waals surface area contributed by atoms with Crippen molar-refractivity contribution < 1.29 is 9.72 Å². The van der Waals surface area contributed by atoms with Crippen molar-refractivity contribution in [3.8, 4) is 11.3 Å². The van der Waals surface area contributed by atoms with Crippen LogP contribution in [0.4, 0.5) is 10.8 Å². The van der Waals surface area contributed by atoms with E-state index in [9.17, 15) is 14.9 Å². The van der Waals surface area contributed by atoms with Gasteiger partial charge in [-0.1, -0.05) is 50.2 Å². The van der Waals surface area contributed by atoms with Crippen LogP contribution in [-0.4, -0.2) is 15.8 Å². The van der Waals surface area contributed by atoms with Crippen LogP contribution in [0.25, 0.3) is 11.3 Å². The van der Waals surface area contributed by atoms with Gasteiger partial charge < -0.3 is 5.32 Å². The van der Waals surface area contributed by atoms with Gasteiger partial charge in [0.15, 0.2) is 5.13 Å². The lowest BCUT2D eigenvalue weighted by Gasteiger charge is -2.05. The summed E-state index contributed by atoms with van der Waals surface area (Å²) in [5.41, 5.74) is 3.85. The second-order valence-electron chi connectivity index (χ2n) is 6.98. The molecule has 6 nitrogen and oxygen atoms in total. The van der Waals surface area contributed by atoms with Crippen LogP contribution >= 0.6 is 11.3 Å². The highest BCUT2D eigenvalue weighted by Crippen LogP contribution is 2.26. The Balaban J connectivity index is 1.60. The fourth-order valence-electron chi connectivity index (χ4n) is 2.83. The lowest BCUT2D eigenvalue weighted by Crippen LogP contribution is -2.14. The molecule has 0 aliphatic rings. The standard InChI is InChI=1S/C21H21N3O3S/c1-14(2)11-15-3-7-17(8-4-15)19-13-28-21(22-19)23-20(25)12-16-5-9-18(10-6-16)24(26)27/h3-10,13-14H,11-12H2,1-2H3,(H,22,23,25). The van der Waals surface area contributed by atoms with Crippen LogP contribution in [0.3, 0.4) is 0 Å². The number of non-ortho nitro benzene ring substituents is 1. The summed E-state index contributed by atoms with van der Waals surface area (Å²) in [5, 5.41) is 15.9. The second-order valence-corrected chi connectivity index (χ2v) is 7.84. The predicted molar refractivity (Wildman–Crippen MR) is 112 cm³/mol. The first-order valence-electron chi connectivity index (χ1n) is 8.98. The molecule has 0 spiro atoms. The van der Waals surface area contributed by atoms with Crippen molar-refractivity contribution in [3.05, 3.63) is 75.2 Å². The average Bonchev–Trinajstić information content (AvgIpc) is 3.10. The smallest absolute Gasteiger partial charge is 0.269 e. The summed E-state index contributed by atoms with van der Waals surface area (Å²) in [6.45, 7) is 4.39. The lowest BCUT2D eigenvalue weighted by atomic mass is 10.0. The van der Waals surface area contributed by atoms with Gasteiger partial charge in [-0.3, -0.25) is 14.9 Å². The molecular weight excluding hydrogens is 374 g/mol. The Morgan fingerprint density at radius 2 is 1.75 bits per heavy atom. The van der Waals surface area contributed by atoms with Crippen LogP contribution < -0.4 is 5.32 Å². The normalized spacial score (nSPS) is 10.8. The quantitative estimate of drug-likeness (QED) is 0.445. The van der Waals surface area contributed by atoms with Crippen LogP contribution in [0.1, 0.15) is 25.0 Å². The van der Waals surface area contributed by atoms with Crippen LogP contribution in [-0.2, 0) is 17.6 Å². The van der Waals surface area contributed by atoms with Gasteiger partial charge in [-0.25, -0.2) is 4.98 Å². The number of carbonyl (C=O) groups is 1. The zero-order valence-corrected chi connectivity index (χ0v) is 16.5. The van der Waals surface area contributed by atoms with Crippen molar-refractivity contribution in [1.29, 1.82) is 0 Å². The van der Waals surface area contributed by atoms with E-state index in [1.165, 1.54) is 29.0 Å². The third-order valence-corrected chi connectivity index (χ3v) is 4.91. The molecule has 0 bridgehead atoms. The first-order valence-corrected chi connectivity index (χ1v) is 9.86. The molecule has 2 aromatic carbocycles. The maximum atomic E-state index is 12.2. The highest BCUT2D eigenvalue weighted by atomic mass is 32.1. The van der Waals surface area contributed by atoms with Crippen molar-refractivity contribution in [3.63, 3.8) is 0 Å². The number of nitrogens with zero attached hydrogens (tertiary/aromatic N) is 2. The summed E-state index contributed by atoms with van der Waals surface area (Å²) in [6, 6.07) is 14.3. The molecule has 0 saturated heterocycles. The third kappa shape index (κ3) is 5.23. The van der Waals surface area contributed by atoms with E-state index in [0.29, 0.717) is 16.6 Å². The number of anilines is 1. The number of amides is 1. The number of hydrogen-bond donors (Lipinski definition) is 1. The summed E-state index contributed by atoms with van der Waals surface area (Å²) in [5.74, 6) is 0.407. The van der Waals surface area contributed by atoms with Gasteiger partial charge >= 0.3 is 0 Å². The number of carbonyl (C=O) groups excluding carboxylic acids is 1. The minimum Gasteiger partial charge on any atom is -0.302 e. The molecule has 1 N–H and O–H groups in total. The van der Waals surface area contributed by atoms with Crippen LogP contribution in [0.2, 0.25) is 0 Å². The Kier molecular flexibility index (Phi) is 6.16. The van der Waals surface area contributed by atoms with Gasteiger partial charge in [0.2, 0.25) is 5.91 Å². The number of thiazole rings is 1. The van der Waals surface area contributed by atoms with Crippen molar-refractivity contribution in [2.24, 2.45) is 5.92 Å². The fourth-order valence-corrected chi connectivity index (χ4v) is 3.57. The summed E-state index contributed by atoms with van der Waals surface area (Å²) in [4.78, 5) is 26.9. The Morgan fingerprint density at radius 1 is 1.11 bits per heavy atom. The zero-order chi connectivity index (χ0) is 20.1. The SMILES string of the molecule is CC(C)Cc1ccc(-c2csc(NC(=O)Cc3ccc([N+](=O)[O-])cc3)n2)cc1. The van der Waals surface area contributed by atoms with Crippen LogP contribution in [0.15, 0.2) is 53.9 Å². The summed E-state index contributed by atoms with van der Waals surface area (Å²) < 4.78 is 0. The predicted octanol–water partition coefficient (Wildman–Crippen LogP) is 5.10. The first kappa shape index (κ1) is 19.7. The van der Waals surface area contributed by atoms with E-state index in [1.54, 1.807) is 12.1 Å². The van der Waals surface area contributed by atoms with Gasteiger partial charge in [-0.05, 0) is 23.5 Å². The molecular formula is C21H21N3O3S. The maximum absolute atomic E-state index is 12.2. The monoisotopic (exact) mass is 395 g/mol. The lowest BCUT2D eigenvalue weighted by molar-refractivity contribution is -0.384. The fraction of sp³-hybridized carbons (Fsp3) is 0.238. The average molecular weight is 395 g/mol. The van der Waals surface area contributed by atoms with E-state index in [4.69, 9.17) is 0 Å². The molecule has 0 saturated carbocycles. The van der Waals surface area contributed by atoms with E-state index < -0.39 is 4.92 Å². The highest BCUT2D eigenvalue weighted by Gasteiger charge is 2.11. The molecule has 0 aliphatic carbocycles. The first-order chi connectivity index (χ1) is 13.4. The number of nitro benzene ring substituents is 1. The van der Waals surface area contributed by atoms with E-state index >= 15 is 0 Å². The Bertz CT molecular complexity index is 963. The Labute approximate surface area is 167 Å². The molecule has 28 heavy (non-hydrogen) atoms. The largest absolute Gasteiger partial charge is 0.302 e. The second kappa shape index (κ2) is 8.75. The summed E-state index contributed by atoms with van der Waals surface area (Å²) in [6.07, 6.45) is 1.18. The minimum atomic E-state index is -0.462. The molecule has 1 heterocycles. The van der Waals surface area contributed by atoms with Crippen molar-refractivity contribution in [2.45, 2.75) is 26.7 Å². The zero-order valence-electron chi connectivity index (χ0n) is 15.7. The molecule has 7 heteroatoms. The maximum Gasteiger partial charge on any atom is 0.269 e. The minimum absolute atomic E-state index is 0.00753. The molecule has 3 aromatic rings. The van der Waals surface area contributed by atoms with E-state index in [0.717, 1.165) is 17.7 Å². The van der Waals surface area contributed by atoms with Gasteiger partial charge in [0.1, 0.15) is 0 Å². The molecule has 0 fully saturated rings. The van der Waals surface area contributed by atoms with Gasteiger partial charge in [0, 0.05) is 23.1 Å². The highest BCUT2D eigenvalue weighted by molar-refractivity contribution is 7.14. The Morgan fingerprint density at radius 3 is 2.36 bits per heavy atom. The molecule has 0 atom stereocenters. The molecule has 1 amide bonds. The van der Waals surface area contributed by atoms with E-state index in [-0.39, 0.29) is 18.0 Å². The van der Waals surface area contributed by atoms with Crippen molar-refractivity contribution >= 4 is 28.1 Å². The number of aromatic nitrogens is 1. The molecule has 1 aromatic heterocycles. The molecule has 3 rings (SSSR count). The third-order valence-electron chi connectivity index (χ3n) is 4.16. The van der Waals surface area contributed by atoms with Gasteiger partial charge in [-0.15, -0.1) is 11.3 Å². The summed E-state index contributed by atoms with van der Waals surface area (Å²) in [7, 11) is 0.